The molecule has 3 nitrogen and oxygen atoms in total. The van der Waals surface area contributed by atoms with Crippen LogP contribution < -0.4 is 4.74 Å². The van der Waals surface area contributed by atoms with Crippen LogP contribution in [0.1, 0.15) is 16.4 Å². The van der Waals surface area contributed by atoms with Crippen LogP contribution in [0.4, 0.5) is 0 Å². The molecular weight excluding hydrogens is 152 g/mol. The number of rotatable bonds is 2. The second-order valence-corrected chi connectivity index (χ2v) is 1.61. The number of nitrogens with zero attached hydrogens (tertiary/aromatic N) is 2. The molecule has 0 aliphatic rings. The van der Waals surface area contributed by atoms with Gasteiger partial charge in [0.1, 0.15) is 0 Å². The number of ether oxygens (including phenoxy) is 1. The van der Waals surface area contributed by atoms with Crippen LogP contribution in [-0.4, -0.2) is 16.8 Å². The summed E-state index contributed by atoms with van der Waals surface area (Å²) in [6.45, 7) is -6.08. The van der Waals surface area contributed by atoms with E-state index in [1.54, 1.807) is 0 Å². The fourth-order valence-corrected chi connectivity index (χ4v) is 0.424. The van der Waals surface area contributed by atoms with Gasteiger partial charge < -0.3 is 4.74 Å². The first kappa shape index (κ1) is 2.34. The highest BCUT2D eigenvalue weighted by molar-refractivity contribution is 6.29. The van der Waals surface area contributed by atoms with E-state index in [1.807, 2.05) is 0 Å². The van der Waals surface area contributed by atoms with Crippen LogP contribution >= 0.6 is 11.6 Å². The van der Waals surface area contributed by atoms with Gasteiger partial charge >= 0.3 is 0 Å². The van der Waals surface area contributed by atoms with E-state index in [2.05, 4.69) is 14.9 Å². The Hall–Kier alpha value is -0.830. The van der Waals surface area contributed by atoms with Crippen molar-refractivity contribution in [2.75, 3.05) is 6.56 Å². The van der Waals surface area contributed by atoms with Crippen LogP contribution in [0.25, 0.3) is 0 Å². The molecule has 0 saturated carbocycles. The highest BCUT2D eigenvalue weighted by Gasteiger charge is 1.92. The molecule has 0 radical (unpaired) electrons. The Kier molecular flexibility index (Phi) is 0.788. The molecule has 0 saturated heterocycles. The number of halogens is 1. The van der Waals surface area contributed by atoms with Crippen molar-refractivity contribution in [2.24, 2.45) is 0 Å². The Labute approximate surface area is 73.8 Å². The van der Waals surface area contributed by atoms with E-state index in [9.17, 15) is 0 Å². The quantitative estimate of drug-likeness (QED) is 0.667. The summed E-state index contributed by atoms with van der Waals surface area (Å²) in [4.78, 5) is 0. The predicted octanol–water partition coefficient (Wildman–Crippen LogP) is 1.53. The van der Waals surface area contributed by atoms with Crippen molar-refractivity contribution in [3.63, 3.8) is 0 Å². The summed E-state index contributed by atoms with van der Waals surface area (Å²) in [7, 11) is 0. The van der Waals surface area contributed by atoms with Gasteiger partial charge in [-0.25, -0.2) is 0 Å². The van der Waals surface area contributed by atoms with E-state index in [-0.39, 0.29) is 5.15 Å². The largest absolute Gasteiger partial charge is 0.477 e. The van der Waals surface area contributed by atoms with Crippen LogP contribution in [0.5, 0.6) is 5.88 Å². The van der Waals surface area contributed by atoms with Crippen LogP contribution in [-0.2, 0) is 0 Å². The van der Waals surface area contributed by atoms with Crippen LogP contribution in [0.15, 0.2) is 12.1 Å². The molecule has 0 N–H and O–H groups in total. The molecule has 0 atom stereocenters. The fraction of sp³-hybridized carbons (Fsp3) is 0.333. The van der Waals surface area contributed by atoms with Gasteiger partial charge in [0.15, 0.2) is 5.15 Å². The molecule has 0 fully saturated rings. The highest BCUT2D eigenvalue weighted by atomic mass is 35.5. The topological polar surface area (TPSA) is 35.0 Å². The summed E-state index contributed by atoms with van der Waals surface area (Å²) < 4.78 is 54.2. The second kappa shape index (κ2) is 3.37. The predicted molar refractivity (Wildman–Crippen MR) is 38.2 cm³/mol. The molecule has 0 amide bonds. The summed E-state index contributed by atoms with van der Waals surface area (Å²) in [5.41, 5.74) is 0. The minimum absolute atomic E-state index is 0.350. The van der Waals surface area contributed by atoms with Gasteiger partial charge in [0, 0.05) is 10.2 Å². The Balaban J connectivity index is 3.09. The van der Waals surface area contributed by atoms with Crippen molar-refractivity contribution < 1.29 is 14.3 Å². The van der Waals surface area contributed by atoms with Crippen molar-refractivity contribution in [1.29, 1.82) is 0 Å². The first-order valence-corrected chi connectivity index (χ1v) is 2.62. The lowest BCUT2D eigenvalue weighted by Gasteiger charge is -1.97. The van der Waals surface area contributed by atoms with Gasteiger partial charge in [-0.05, 0) is 12.9 Å². The summed E-state index contributed by atoms with van der Waals surface area (Å²) in [5.74, 6) is -0.694. The lowest BCUT2D eigenvalue weighted by molar-refractivity contribution is 0.322. The van der Waals surface area contributed by atoms with E-state index in [1.165, 1.54) is 0 Å². The number of hydrogen-bond acceptors (Lipinski definition) is 3. The number of aromatic nitrogens is 2. The SMILES string of the molecule is [2H]c1c(Cl)nnc(OC([2H])([2H])C([2H])([2H])[2H])c1[2H]. The molecule has 1 aromatic rings. The lowest BCUT2D eigenvalue weighted by Crippen LogP contribution is -1.94. The number of hydrogen-bond donors (Lipinski definition) is 0. The Morgan fingerprint density at radius 3 is 3.60 bits per heavy atom. The van der Waals surface area contributed by atoms with E-state index >= 15 is 0 Å². The molecule has 10 heavy (non-hydrogen) atoms. The first-order valence-electron chi connectivity index (χ1n) is 5.74. The van der Waals surface area contributed by atoms with Crippen LogP contribution in [0, 0.1) is 0 Å². The third-order valence-corrected chi connectivity index (χ3v) is 0.819. The van der Waals surface area contributed by atoms with E-state index in [4.69, 9.17) is 21.2 Å². The zero-order valence-electron chi connectivity index (χ0n) is 11.7. The minimum Gasteiger partial charge on any atom is -0.477 e. The molecule has 4 heteroatoms. The minimum atomic E-state index is -3.05. The smallest absolute Gasteiger partial charge is 0.233 e. The summed E-state index contributed by atoms with van der Waals surface area (Å²) in [6, 6.07) is -1.14. The average Bonchev–Trinajstić information content (AvgIpc) is 2.17. The zero-order valence-corrected chi connectivity index (χ0v) is 5.44. The molecular formula is C6H7ClN2O. The van der Waals surface area contributed by atoms with Crippen LogP contribution in [0.2, 0.25) is 5.15 Å². The third kappa shape index (κ3) is 1.84. The maximum absolute atomic E-state index is 7.37. The maximum Gasteiger partial charge on any atom is 0.233 e. The zero-order chi connectivity index (χ0) is 13.4. The lowest BCUT2D eigenvalue weighted by atomic mass is 10.6. The van der Waals surface area contributed by atoms with Gasteiger partial charge in [-0.15, -0.1) is 10.2 Å². The summed E-state index contributed by atoms with van der Waals surface area (Å²) in [5, 5.41) is 6.12. The van der Waals surface area contributed by atoms with E-state index < -0.39 is 31.4 Å². The van der Waals surface area contributed by atoms with Crippen molar-refractivity contribution in [3.05, 3.63) is 17.2 Å². The molecule has 1 rings (SSSR count). The monoisotopic (exact) mass is 165 g/mol. The first-order chi connectivity index (χ1) is 7.56. The van der Waals surface area contributed by atoms with Crippen molar-refractivity contribution in [3.8, 4) is 5.88 Å². The van der Waals surface area contributed by atoms with Crippen molar-refractivity contribution in [1.82, 2.24) is 10.2 Å². The molecule has 0 bridgehead atoms. The van der Waals surface area contributed by atoms with Gasteiger partial charge in [0.25, 0.3) is 0 Å². The van der Waals surface area contributed by atoms with E-state index in [0.29, 0.717) is 0 Å². The van der Waals surface area contributed by atoms with Gasteiger partial charge in [-0.2, -0.15) is 0 Å². The Morgan fingerprint density at radius 1 is 1.90 bits per heavy atom. The highest BCUT2D eigenvalue weighted by Crippen LogP contribution is 2.07. The molecule has 1 heterocycles. The molecule has 0 unspecified atom stereocenters. The normalized spacial score (nSPS) is 22.3. The maximum atomic E-state index is 7.37. The standard InChI is InChI=1S/C6H7ClN2O/c1-2-10-6-4-3-5(7)8-9-6/h3-4H,2H2,1H3/i1D3,2D2,3D,4D. The summed E-state index contributed by atoms with van der Waals surface area (Å²) >= 11 is 5.41. The van der Waals surface area contributed by atoms with Crippen LogP contribution in [0.3, 0.4) is 0 Å². The van der Waals surface area contributed by atoms with Gasteiger partial charge in [0.2, 0.25) is 5.88 Å². The van der Waals surface area contributed by atoms with Gasteiger partial charge in [-0.3, -0.25) is 0 Å². The van der Waals surface area contributed by atoms with Crippen molar-refractivity contribution >= 4 is 11.6 Å². The third-order valence-electron chi connectivity index (χ3n) is 0.649. The van der Waals surface area contributed by atoms with Gasteiger partial charge in [0.05, 0.1) is 12.0 Å². The van der Waals surface area contributed by atoms with Crippen molar-refractivity contribution in [2.45, 2.75) is 6.85 Å². The van der Waals surface area contributed by atoms with E-state index in [0.717, 1.165) is 0 Å². The second-order valence-electron chi connectivity index (χ2n) is 1.25. The molecule has 0 aliphatic carbocycles. The Morgan fingerprint density at radius 2 is 2.80 bits per heavy atom. The molecule has 0 aromatic carbocycles. The average molecular weight is 166 g/mol. The molecule has 0 spiro atoms. The van der Waals surface area contributed by atoms with Gasteiger partial charge in [-0.1, -0.05) is 11.6 Å². The molecule has 54 valence electrons. The molecule has 1 aromatic heterocycles. The Bertz CT molecular complexity index is 435. The fourth-order valence-electron chi connectivity index (χ4n) is 0.339. The summed E-state index contributed by atoms with van der Waals surface area (Å²) in [6.07, 6.45) is 0. The molecule has 0 aliphatic heterocycles.